The third-order valence-electron chi connectivity index (χ3n) is 5.45. The maximum Gasteiger partial charge on any atom is 0.270 e. The summed E-state index contributed by atoms with van der Waals surface area (Å²) in [6.45, 7) is 6.23. The van der Waals surface area contributed by atoms with Gasteiger partial charge in [-0.1, -0.05) is 44.2 Å². The Morgan fingerprint density at radius 2 is 1.69 bits per heavy atom. The molecule has 3 rings (SSSR count). The van der Waals surface area contributed by atoms with Crippen LogP contribution in [0.2, 0.25) is 0 Å². The third kappa shape index (κ3) is 4.60. The molecule has 0 saturated carbocycles. The van der Waals surface area contributed by atoms with Crippen molar-refractivity contribution in [1.29, 1.82) is 0 Å². The van der Waals surface area contributed by atoms with E-state index >= 15 is 0 Å². The minimum atomic E-state index is -4.12. The van der Waals surface area contributed by atoms with Crippen LogP contribution in [0.25, 0.3) is 5.57 Å². The minimum absolute atomic E-state index is 0.0850. The lowest BCUT2D eigenvalue weighted by atomic mass is 10.0. The largest absolute Gasteiger partial charge is 0.493 e. The van der Waals surface area contributed by atoms with Crippen molar-refractivity contribution in [2.75, 3.05) is 25.1 Å². The molecule has 0 unspecified atom stereocenters. The molecule has 0 radical (unpaired) electrons. The van der Waals surface area contributed by atoms with E-state index < -0.39 is 15.9 Å². The summed E-state index contributed by atoms with van der Waals surface area (Å²) < 4.78 is 39.5. The predicted molar refractivity (Wildman–Crippen MR) is 126 cm³/mol. The molecule has 2 aromatic rings. The van der Waals surface area contributed by atoms with Gasteiger partial charge in [-0.2, -0.15) is 0 Å². The summed E-state index contributed by atoms with van der Waals surface area (Å²) in [6, 6.07) is 12.6. The van der Waals surface area contributed by atoms with Gasteiger partial charge in [0.2, 0.25) is 0 Å². The molecule has 32 heavy (non-hydrogen) atoms. The molecule has 172 valence electrons. The van der Waals surface area contributed by atoms with Crippen molar-refractivity contribution in [3.8, 4) is 11.5 Å². The normalized spacial score (nSPS) is 14.9. The number of hydrogen-bond donors (Lipinski definition) is 1. The number of amides is 1. The van der Waals surface area contributed by atoms with E-state index in [-0.39, 0.29) is 11.4 Å². The van der Waals surface area contributed by atoms with Crippen molar-refractivity contribution in [3.63, 3.8) is 0 Å². The third-order valence-corrected chi connectivity index (χ3v) is 7.36. The Hall–Kier alpha value is -3.00. The second-order valence-electron chi connectivity index (χ2n) is 8.11. The van der Waals surface area contributed by atoms with Gasteiger partial charge in [0.15, 0.2) is 16.4 Å². The van der Waals surface area contributed by atoms with Crippen LogP contribution in [-0.4, -0.2) is 35.1 Å². The van der Waals surface area contributed by atoms with Gasteiger partial charge in [0, 0.05) is 18.2 Å². The van der Waals surface area contributed by atoms with Crippen LogP contribution in [0.3, 0.4) is 0 Å². The highest BCUT2D eigenvalue weighted by atomic mass is 32.2. The first kappa shape index (κ1) is 23.7. The van der Waals surface area contributed by atoms with Crippen LogP contribution in [0.5, 0.6) is 11.5 Å². The number of methoxy groups -OCH3 is 2. The zero-order valence-corrected chi connectivity index (χ0v) is 20.0. The molecule has 7 nitrogen and oxygen atoms in total. The monoisotopic (exact) mass is 458 g/mol. The molecular formula is C24H30N2O5S. The average molecular weight is 459 g/mol. The molecule has 0 fully saturated rings. The zero-order chi connectivity index (χ0) is 23.5. The van der Waals surface area contributed by atoms with Crippen molar-refractivity contribution >= 4 is 27.2 Å². The summed E-state index contributed by atoms with van der Waals surface area (Å²) >= 11 is 0. The number of ether oxygens (including phenoxy) is 2. The number of rotatable bonds is 8. The van der Waals surface area contributed by atoms with Gasteiger partial charge in [-0.15, -0.1) is 0 Å². The fraction of sp³-hybridized carbons (Fsp3) is 0.375. The second kappa shape index (κ2) is 9.65. The summed E-state index contributed by atoms with van der Waals surface area (Å²) in [5.41, 5.74) is 2.24. The lowest BCUT2D eigenvalue weighted by molar-refractivity contribution is -0.116. The van der Waals surface area contributed by atoms with Crippen LogP contribution >= 0.6 is 0 Å². The van der Waals surface area contributed by atoms with Gasteiger partial charge in [0.1, 0.15) is 0 Å². The van der Waals surface area contributed by atoms with Gasteiger partial charge < -0.3 is 14.8 Å². The molecule has 1 heterocycles. The molecule has 0 saturated heterocycles. The number of benzene rings is 2. The van der Waals surface area contributed by atoms with E-state index in [1.807, 2.05) is 44.2 Å². The van der Waals surface area contributed by atoms with Gasteiger partial charge in [-0.25, -0.2) is 8.42 Å². The Labute approximate surface area is 190 Å². The van der Waals surface area contributed by atoms with Crippen LogP contribution in [0.1, 0.15) is 38.3 Å². The Morgan fingerprint density at radius 3 is 2.28 bits per heavy atom. The van der Waals surface area contributed by atoms with Crippen molar-refractivity contribution in [2.45, 2.75) is 33.7 Å². The van der Waals surface area contributed by atoms with Crippen LogP contribution in [0, 0.1) is 5.92 Å². The smallest absolute Gasteiger partial charge is 0.270 e. The Kier molecular flexibility index (Phi) is 7.13. The van der Waals surface area contributed by atoms with E-state index in [0.29, 0.717) is 40.8 Å². The maximum absolute atomic E-state index is 13.7. The summed E-state index contributed by atoms with van der Waals surface area (Å²) in [7, 11) is -1.10. The number of allylic oxidation sites excluding steroid dienone is 1. The quantitative estimate of drug-likeness (QED) is 0.648. The number of fused-ring (bicyclic) bond motifs is 1. The number of carbonyl (C=O) groups excluding carboxylic acids is 1. The minimum Gasteiger partial charge on any atom is -0.493 e. The molecule has 1 N–H and O–H groups in total. The van der Waals surface area contributed by atoms with Crippen LogP contribution < -0.4 is 19.1 Å². The van der Waals surface area contributed by atoms with Crippen molar-refractivity contribution in [1.82, 2.24) is 5.32 Å². The number of nitrogens with one attached hydrogen (secondary N) is 1. The SMILES string of the molecule is COc1cc2c(cc1OC)N(Cc1ccccc1)S(=O)(=O)C(C(=O)NCCC(C)C)=C2C. The number of hydrogen-bond acceptors (Lipinski definition) is 5. The first-order valence-electron chi connectivity index (χ1n) is 10.5. The molecule has 0 spiro atoms. The summed E-state index contributed by atoms with van der Waals surface area (Å²) in [5.74, 6) is 0.670. The highest BCUT2D eigenvalue weighted by Gasteiger charge is 2.40. The van der Waals surface area contributed by atoms with Gasteiger partial charge in [0.25, 0.3) is 15.9 Å². The van der Waals surface area contributed by atoms with E-state index in [1.54, 1.807) is 19.1 Å². The maximum atomic E-state index is 13.7. The molecule has 2 aromatic carbocycles. The van der Waals surface area contributed by atoms with Gasteiger partial charge in [-0.05, 0) is 36.5 Å². The molecule has 0 aliphatic carbocycles. The lowest BCUT2D eigenvalue weighted by Crippen LogP contribution is -2.41. The van der Waals surface area contributed by atoms with Crippen LogP contribution in [0.4, 0.5) is 5.69 Å². The molecule has 1 aliphatic rings. The summed E-state index contributed by atoms with van der Waals surface area (Å²) in [6.07, 6.45) is 0.757. The van der Waals surface area contributed by atoms with Crippen molar-refractivity contribution < 1.29 is 22.7 Å². The fourth-order valence-electron chi connectivity index (χ4n) is 3.69. The molecule has 1 amide bonds. The zero-order valence-electron chi connectivity index (χ0n) is 19.1. The van der Waals surface area contributed by atoms with E-state index in [0.717, 1.165) is 12.0 Å². The number of anilines is 1. The number of carbonyl (C=O) groups is 1. The van der Waals surface area contributed by atoms with Crippen LogP contribution in [-0.2, 0) is 21.4 Å². The lowest BCUT2D eigenvalue weighted by Gasteiger charge is -2.33. The highest BCUT2D eigenvalue weighted by Crippen LogP contribution is 2.45. The van der Waals surface area contributed by atoms with Crippen LogP contribution in [0.15, 0.2) is 47.4 Å². The van der Waals surface area contributed by atoms with Gasteiger partial charge >= 0.3 is 0 Å². The molecular weight excluding hydrogens is 428 g/mol. The topological polar surface area (TPSA) is 84.9 Å². The predicted octanol–water partition coefficient (Wildman–Crippen LogP) is 3.95. The van der Waals surface area contributed by atoms with E-state index in [1.165, 1.54) is 18.5 Å². The molecule has 0 atom stereocenters. The number of nitrogens with zero attached hydrogens (tertiary/aromatic N) is 1. The summed E-state index contributed by atoms with van der Waals surface area (Å²) in [4.78, 5) is 12.8. The fourth-order valence-corrected chi connectivity index (χ4v) is 5.44. The Morgan fingerprint density at radius 1 is 1.06 bits per heavy atom. The van der Waals surface area contributed by atoms with Crippen molar-refractivity contribution in [3.05, 3.63) is 58.5 Å². The van der Waals surface area contributed by atoms with Gasteiger partial charge in [-0.3, -0.25) is 9.10 Å². The molecule has 8 heteroatoms. The van der Waals surface area contributed by atoms with E-state index in [2.05, 4.69) is 5.32 Å². The van der Waals surface area contributed by atoms with E-state index in [9.17, 15) is 13.2 Å². The molecule has 1 aliphatic heterocycles. The number of sulfonamides is 1. The Balaban J connectivity index is 2.16. The average Bonchev–Trinajstić information content (AvgIpc) is 2.76. The molecule has 0 aromatic heterocycles. The highest BCUT2D eigenvalue weighted by molar-refractivity contribution is 7.97. The van der Waals surface area contributed by atoms with E-state index in [4.69, 9.17) is 9.47 Å². The van der Waals surface area contributed by atoms with Crippen molar-refractivity contribution in [2.24, 2.45) is 5.92 Å². The summed E-state index contributed by atoms with van der Waals surface area (Å²) in [5, 5.41) is 2.78. The standard InChI is InChI=1S/C24H30N2O5S/c1-16(2)11-12-25-24(27)23-17(3)19-13-21(30-4)22(31-5)14-20(19)26(32(23,28)29)15-18-9-7-6-8-10-18/h6-10,13-14,16H,11-12,15H2,1-5H3,(H,25,27). The second-order valence-corrected chi connectivity index (χ2v) is 9.91. The first-order valence-corrected chi connectivity index (χ1v) is 12.0. The van der Waals surface area contributed by atoms with Gasteiger partial charge in [0.05, 0.1) is 26.5 Å². The molecule has 0 bridgehead atoms. The first-order chi connectivity index (χ1) is 15.2. The Bertz CT molecular complexity index is 1120.